The van der Waals surface area contributed by atoms with E-state index in [1.807, 2.05) is 0 Å². The largest absolute Gasteiger partial charge is 0.475 e. The molecule has 0 saturated carbocycles. The molecule has 0 bridgehead atoms. The van der Waals surface area contributed by atoms with Gasteiger partial charge in [0.25, 0.3) is 21.7 Å². The predicted octanol–water partition coefficient (Wildman–Crippen LogP) is 3.57. The molecule has 0 fully saturated rings. The van der Waals surface area contributed by atoms with E-state index in [9.17, 15) is 32.7 Å². The lowest BCUT2D eigenvalue weighted by atomic mass is 9.98. The second-order valence-electron chi connectivity index (χ2n) is 10.1. The van der Waals surface area contributed by atoms with Gasteiger partial charge in [0.05, 0.1) is 10.6 Å². The van der Waals surface area contributed by atoms with Crippen molar-refractivity contribution in [3.63, 3.8) is 0 Å². The normalized spacial score (nSPS) is 16.1. The minimum absolute atomic E-state index is 0.0107. The number of benzene rings is 3. The summed E-state index contributed by atoms with van der Waals surface area (Å²) in [7, 11) is -4.25. The zero-order valence-electron chi connectivity index (χ0n) is 23.3. The van der Waals surface area contributed by atoms with E-state index in [0.717, 1.165) is 21.2 Å². The first-order chi connectivity index (χ1) is 19.9. The standard InChI is InChI=1S/C31H31N3O7S/c1-21(2)28-30(37)34(33(22(3)35)26(29(36)31(38)39)19-23-13-7-4-8-14-23)27(24-15-9-5-10-16-24)20-32(28)42(40,41)25-17-11-6-12-18-25/h4-18,20-21,26,28H,19H2,1-3H3,(H,38,39)/t26-,28?/m0/s1. The Labute approximate surface area is 244 Å². The van der Waals surface area contributed by atoms with Gasteiger partial charge in [0.15, 0.2) is 0 Å². The Bertz CT molecular complexity index is 1610. The van der Waals surface area contributed by atoms with Crippen LogP contribution in [0.25, 0.3) is 5.70 Å². The number of hydrazine groups is 1. The highest BCUT2D eigenvalue weighted by atomic mass is 32.2. The molecule has 1 aliphatic heterocycles. The lowest BCUT2D eigenvalue weighted by molar-refractivity contribution is -0.169. The van der Waals surface area contributed by atoms with Gasteiger partial charge in [-0.15, -0.1) is 0 Å². The molecule has 1 unspecified atom stereocenters. The number of ketones is 1. The van der Waals surface area contributed by atoms with Gasteiger partial charge in [0, 0.05) is 25.1 Å². The van der Waals surface area contributed by atoms with Gasteiger partial charge in [-0.3, -0.25) is 18.7 Å². The van der Waals surface area contributed by atoms with Crippen LogP contribution in [-0.2, 0) is 35.6 Å². The summed E-state index contributed by atoms with van der Waals surface area (Å²) in [4.78, 5) is 52.9. The van der Waals surface area contributed by atoms with Crippen LogP contribution in [0.5, 0.6) is 0 Å². The Morgan fingerprint density at radius 1 is 0.881 bits per heavy atom. The molecule has 0 aliphatic carbocycles. The Balaban J connectivity index is 1.98. The topological polar surface area (TPSA) is 132 Å². The van der Waals surface area contributed by atoms with Gasteiger partial charge in [-0.05, 0) is 23.6 Å². The maximum Gasteiger partial charge on any atom is 0.374 e. The molecule has 11 heteroatoms. The van der Waals surface area contributed by atoms with E-state index >= 15 is 0 Å². The van der Waals surface area contributed by atoms with Crippen molar-refractivity contribution in [1.82, 2.24) is 14.3 Å². The van der Waals surface area contributed by atoms with Crippen molar-refractivity contribution in [2.75, 3.05) is 0 Å². The summed E-state index contributed by atoms with van der Waals surface area (Å²) in [6.45, 7) is 4.45. The Morgan fingerprint density at radius 2 is 1.40 bits per heavy atom. The highest BCUT2D eigenvalue weighted by molar-refractivity contribution is 7.89. The Kier molecular flexibility index (Phi) is 8.91. The number of Topliss-reactive ketones (excluding diaryl/α,β-unsaturated/α-hetero) is 1. The van der Waals surface area contributed by atoms with Crippen molar-refractivity contribution in [1.29, 1.82) is 0 Å². The number of carbonyl (C=O) groups excluding carboxylic acids is 3. The number of nitrogens with zero attached hydrogens (tertiary/aromatic N) is 3. The number of hydrogen-bond acceptors (Lipinski definition) is 6. The van der Waals surface area contributed by atoms with E-state index in [4.69, 9.17) is 0 Å². The van der Waals surface area contributed by atoms with E-state index in [2.05, 4.69) is 0 Å². The zero-order valence-corrected chi connectivity index (χ0v) is 24.1. The maximum atomic E-state index is 14.5. The van der Waals surface area contributed by atoms with Crippen LogP contribution in [0.2, 0.25) is 0 Å². The highest BCUT2D eigenvalue weighted by Crippen LogP contribution is 2.36. The number of carboxylic acid groups (broad SMARTS) is 1. The molecule has 10 nitrogen and oxygen atoms in total. The van der Waals surface area contributed by atoms with Crippen LogP contribution >= 0.6 is 0 Å². The fraction of sp³-hybridized carbons (Fsp3) is 0.226. The van der Waals surface area contributed by atoms with Gasteiger partial charge in [-0.1, -0.05) is 92.7 Å². The van der Waals surface area contributed by atoms with Gasteiger partial charge in [0.2, 0.25) is 5.91 Å². The summed E-state index contributed by atoms with van der Waals surface area (Å²) in [6, 6.07) is 21.6. The van der Waals surface area contributed by atoms with Gasteiger partial charge >= 0.3 is 5.97 Å². The molecular weight excluding hydrogens is 558 g/mol. The molecule has 1 heterocycles. The van der Waals surface area contributed by atoms with Crippen LogP contribution in [0.15, 0.2) is 102 Å². The first-order valence-corrected chi connectivity index (χ1v) is 14.7. The smallest absolute Gasteiger partial charge is 0.374 e. The molecule has 2 amide bonds. The third-order valence-electron chi connectivity index (χ3n) is 6.85. The van der Waals surface area contributed by atoms with Gasteiger partial charge in [-0.25, -0.2) is 23.2 Å². The molecule has 0 spiro atoms. The Hall–Kier alpha value is -4.77. The molecule has 1 N–H and O–H groups in total. The average molecular weight is 590 g/mol. The van der Waals surface area contributed by atoms with Gasteiger partial charge < -0.3 is 5.11 Å². The second kappa shape index (κ2) is 12.4. The van der Waals surface area contributed by atoms with Gasteiger partial charge in [-0.2, -0.15) is 0 Å². The van der Waals surface area contributed by atoms with Crippen LogP contribution in [0.3, 0.4) is 0 Å². The predicted molar refractivity (Wildman–Crippen MR) is 154 cm³/mol. The number of hydrogen-bond donors (Lipinski definition) is 1. The van der Waals surface area contributed by atoms with Crippen LogP contribution < -0.4 is 0 Å². The van der Waals surface area contributed by atoms with E-state index in [1.165, 1.54) is 18.3 Å². The number of rotatable bonds is 10. The number of carbonyl (C=O) groups is 4. The van der Waals surface area contributed by atoms with Crippen LogP contribution in [0.1, 0.15) is 31.9 Å². The molecule has 0 saturated heterocycles. The summed E-state index contributed by atoms with van der Waals surface area (Å²) in [5, 5.41) is 11.5. The molecule has 0 radical (unpaired) electrons. The minimum Gasteiger partial charge on any atom is -0.475 e. The summed E-state index contributed by atoms with van der Waals surface area (Å²) in [5.41, 5.74) is 0.920. The lowest BCUT2D eigenvalue weighted by Gasteiger charge is -2.46. The number of amides is 2. The van der Waals surface area contributed by atoms with Crippen molar-refractivity contribution in [3.8, 4) is 0 Å². The van der Waals surface area contributed by atoms with Crippen LogP contribution in [-0.4, -0.2) is 63.5 Å². The van der Waals surface area contributed by atoms with Crippen molar-refractivity contribution >= 4 is 39.3 Å². The summed E-state index contributed by atoms with van der Waals surface area (Å²) < 4.78 is 28.8. The molecule has 218 valence electrons. The minimum atomic E-state index is -4.25. The molecule has 2 atom stereocenters. The fourth-order valence-corrected chi connectivity index (χ4v) is 6.53. The fourth-order valence-electron chi connectivity index (χ4n) is 4.92. The highest BCUT2D eigenvalue weighted by Gasteiger charge is 2.48. The average Bonchev–Trinajstić information content (AvgIpc) is 2.97. The number of aliphatic carboxylic acids is 1. The van der Waals surface area contributed by atoms with E-state index in [0.29, 0.717) is 11.1 Å². The lowest BCUT2D eigenvalue weighted by Crippen LogP contribution is -2.64. The first-order valence-electron chi connectivity index (χ1n) is 13.3. The quantitative estimate of drug-likeness (QED) is 0.358. The molecule has 3 aromatic rings. The Morgan fingerprint density at radius 3 is 1.90 bits per heavy atom. The van der Waals surface area contributed by atoms with E-state index in [-0.39, 0.29) is 17.0 Å². The summed E-state index contributed by atoms with van der Waals surface area (Å²) in [5.74, 6) is -5.23. The molecule has 4 rings (SSSR count). The van der Waals surface area contributed by atoms with Crippen molar-refractivity contribution in [2.24, 2.45) is 5.92 Å². The van der Waals surface area contributed by atoms with Gasteiger partial charge in [0.1, 0.15) is 12.1 Å². The molecular formula is C31H31N3O7S. The first kappa shape index (κ1) is 30.2. The molecule has 1 aliphatic rings. The molecule has 0 aromatic heterocycles. The van der Waals surface area contributed by atoms with Crippen molar-refractivity contribution < 1.29 is 32.7 Å². The monoisotopic (exact) mass is 589 g/mol. The zero-order chi connectivity index (χ0) is 30.6. The number of sulfonamides is 1. The summed E-state index contributed by atoms with van der Waals surface area (Å²) >= 11 is 0. The molecule has 42 heavy (non-hydrogen) atoms. The van der Waals surface area contributed by atoms with Crippen molar-refractivity contribution in [2.45, 2.75) is 44.2 Å². The summed E-state index contributed by atoms with van der Waals surface area (Å²) in [6.07, 6.45) is 1.07. The SMILES string of the molecule is CC(=O)N([C@@H](Cc1ccccc1)C(=O)C(=O)O)N1C(=O)C(C(C)C)N(S(=O)(=O)c2ccccc2)C=C1c1ccccc1. The van der Waals surface area contributed by atoms with Crippen LogP contribution in [0.4, 0.5) is 0 Å². The maximum absolute atomic E-state index is 14.5. The van der Waals surface area contributed by atoms with E-state index < -0.39 is 51.6 Å². The number of carboxylic acids is 1. The van der Waals surface area contributed by atoms with E-state index in [1.54, 1.807) is 92.7 Å². The second-order valence-corrected chi connectivity index (χ2v) is 11.9. The third-order valence-corrected chi connectivity index (χ3v) is 8.61. The van der Waals surface area contributed by atoms with Crippen molar-refractivity contribution in [3.05, 3.63) is 108 Å². The molecule has 3 aromatic carbocycles. The van der Waals surface area contributed by atoms with Crippen LogP contribution in [0, 0.1) is 5.92 Å². The third kappa shape index (κ3) is 5.96.